The lowest BCUT2D eigenvalue weighted by molar-refractivity contribution is 0.0255. The molecule has 2 rings (SSSR count). The minimum Gasteiger partial charge on any atom is -0.394 e. The predicted molar refractivity (Wildman–Crippen MR) is 72.3 cm³/mol. The topological polar surface area (TPSA) is 39.6 Å². The van der Waals surface area contributed by atoms with Crippen molar-refractivity contribution >= 4 is 0 Å². The lowest BCUT2D eigenvalue weighted by Gasteiger charge is -2.43. The molecular formula is C14H23N3O. The summed E-state index contributed by atoms with van der Waals surface area (Å²) in [6.45, 7) is 8.80. The van der Waals surface area contributed by atoms with Crippen molar-refractivity contribution in [2.24, 2.45) is 0 Å². The number of hydrogen-bond acceptors (Lipinski definition) is 4. The van der Waals surface area contributed by atoms with Crippen molar-refractivity contribution < 1.29 is 5.11 Å². The van der Waals surface area contributed by atoms with E-state index in [0.29, 0.717) is 6.04 Å². The highest BCUT2D eigenvalue weighted by Crippen LogP contribution is 2.23. The smallest absolute Gasteiger partial charge is 0.0758 e. The normalized spacial score (nSPS) is 24.1. The highest BCUT2D eigenvalue weighted by molar-refractivity contribution is 5.10. The van der Waals surface area contributed by atoms with Crippen molar-refractivity contribution in [2.75, 3.05) is 32.8 Å². The zero-order valence-corrected chi connectivity index (χ0v) is 11.3. The van der Waals surface area contributed by atoms with Crippen LogP contribution in [0.1, 0.15) is 25.6 Å². The first-order valence-corrected chi connectivity index (χ1v) is 6.76. The van der Waals surface area contributed by atoms with Crippen molar-refractivity contribution in [1.82, 2.24) is 14.8 Å². The number of aliphatic hydroxyl groups is 1. The molecule has 0 saturated carbocycles. The molecule has 0 aliphatic carbocycles. The molecule has 0 radical (unpaired) electrons. The zero-order valence-electron chi connectivity index (χ0n) is 11.3. The Morgan fingerprint density at radius 3 is 2.83 bits per heavy atom. The van der Waals surface area contributed by atoms with Gasteiger partial charge in [-0.15, -0.1) is 0 Å². The van der Waals surface area contributed by atoms with Gasteiger partial charge in [0.25, 0.3) is 0 Å². The maximum absolute atomic E-state index is 9.68. The standard InChI is InChI=1S/C14H23N3O/c1-3-16-8-9-17(12(2)10-16)14(11-18)13-6-4-5-7-15-13/h4-7,12,14,18H,3,8-11H2,1-2H3. The van der Waals surface area contributed by atoms with Crippen molar-refractivity contribution in [3.63, 3.8) is 0 Å². The van der Waals surface area contributed by atoms with Crippen molar-refractivity contribution in [2.45, 2.75) is 25.9 Å². The second kappa shape index (κ2) is 6.27. The van der Waals surface area contributed by atoms with Crippen LogP contribution >= 0.6 is 0 Å². The van der Waals surface area contributed by atoms with Crippen molar-refractivity contribution in [3.8, 4) is 0 Å². The summed E-state index contributed by atoms with van der Waals surface area (Å²) in [4.78, 5) is 9.21. The molecule has 1 saturated heterocycles. The molecular weight excluding hydrogens is 226 g/mol. The van der Waals surface area contributed by atoms with Crippen molar-refractivity contribution in [1.29, 1.82) is 0 Å². The van der Waals surface area contributed by atoms with E-state index in [9.17, 15) is 5.11 Å². The summed E-state index contributed by atoms with van der Waals surface area (Å²) in [5.74, 6) is 0. The van der Waals surface area contributed by atoms with Gasteiger partial charge in [0.2, 0.25) is 0 Å². The molecule has 4 heteroatoms. The van der Waals surface area contributed by atoms with Gasteiger partial charge in [-0.1, -0.05) is 13.0 Å². The molecule has 0 bridgehead atoms. The molecule has 2 unspecified atom stereocenters. The monoisotopic (exact) mass is 249 g/mol. The van der Waals surface area contributed by atoms with E-state index in [4.69, 9.17) is 0 Å². The van der Waals surface area contributed by atoms with Crippen LogP contribution in [0, 0.1) is 0 Å². The Bertz CT molecular complexity index is 357. The first kappa shape index (κ1) is 13.5. The number of aromatic nitrogens is 1. The fourth-order valence-corrected chi connectivity index (χ4v) is 2.74. The van der Waals surface area contributed by atoms with E-state index in [2.05, 4.69) is 28.6 Å². The first-order chi connectivity index (χ1) is 8.76. The van der Waals surface area contributed by atoms with Gasteiger partial charge in [0.15, 0.2) is 0 Å². The highest BCUT2D eigenvalue weighted by atomic mass is 16.3. The molecule has 0 aromatic carbocycles. The summed E-state index contributed by atoms with van der Waals surface area (Å²) in [6.07, 6.45) is 1.80. The van der Waals surface area contributed by atoms with E-state index in [1.54, 1.807) is 6.20 Å². The second-order valence-electron chi connectivity index (χ2n) is 4.93. The first-order valence-electron chi connectivity index (χ1n) is 6.76. The fourth-order valence-electron chi connectivity index (χ4n) is 2.74. The number of aliphatic hydroxyl groups excluding tert-OH is 1. The van der Waals surface area contributed by atoms with Gasteiger partial charge in [-0.3, -0.25) is 9.88 Å². The molecule has 1 aromatic heterocycles. The van der Waals surface area contributed by atoms with E-state index >= 15 is 0 Å². The van der Waals surface area contributed by atoms with Gasteiger partial charge in [0, 0.05) is 31.9 Å². The maximum Gasteiger partial charge on any atom is 0.0758 e. The Morgan fingerprint density at radius 1 is 1.44 bits per heavy atom. The summed E-state index contributed by atoms with van der Waals surface area (Å²) in [6, 6.07) is 6.38. The van der Waals surface area contributed by atoms with Crippen molar-refractivity contribution in [3.05, 3.63) is 30.1 Å². The molecule has 1 aliphatic heterocycles. The average molecular weight is 249 g/mol. The molecule has 1 N–H and O–H groups in total. The van der Waals surface area contributed by atoms with Crippen LogP contribution in [-0.4, -0.2) is 58.7 Å². The van der Waals surface area contributed by atoms with Crippen LogP contribution in [0.3, 0.4) is 0 Å². The number of piperazine rings is 1. The van der Waals surface area contributed by atoms with Gasteiger partial charge in [-0.2, -0.15) is 0 Å². The Balaban J connectivity index is 2.09. The molecule has 0 spiro atoms. The van der Waals surface area contributed by atoms with E-state index in [1.807, 2.05) is 18.2 Å². The number of likely N-dealkylation sites (N-methyl/N-ethyl adjacent to an activating group) is 1. The predicted octanol–water partition coefficient (Wildman–Crippen LogP) is 1.14. The molecule has 4 nitrogen and oxygen atoms in total. The molecule has 18 heavy (non-hydrogen) atoms. The molecule has 1 aromatic rings. The summed E-state index contributed by atoms with van der Waals surface area (Å²) in [7, 11) is 0. The third-order valence-electron chi connectivity index (χ3n) is 3.81. The summed E-state index contributed by atoms with van der Waals surface area (Å²) < 4.78 is 0. The molecule has 2 atom stereocenters. The third-order valence-corrected chi connectivity index (χ3v) is 3.81. The Labute approximate surface area is 109 Å². The van der Waals surface area contributed by atoms with Gasteiger partial charge in [-0.05, 0) is 25.6 Å². The Kier molecular flexibility index (Phi) is 4.69. The zero-order chi connectivity index (χ0) is 13.0. The highest BCUT2D eigenvalue weighted by Gasteiger charge is 2.29. The van der Waals surface area contributed by atoms with Crippen LogP contribution in [-0.2, 0) is 0 Å². The van der Waals surface area contributed by atoms with Crippen LogP contribution in [0.25, 0.3) is 0 Å². The number of hydrogen-bond donors (Lipinski definition) is 1. The summed E-state index contributed by atoms with van der Waals surface area (Å²) in [5, 5.41) is 9.68. The van der Waals surface area contributed by atoms with Crippen LogP contribution in [0.2, 0.25) is 0 Å². The quantitative estimate of drug-likeness (QED) is 0.868. The summed E-state index contributed by atoms with van der Waals surface area (Å²) in [5.41, 5.74) is 0.969. The van der Waals surface area contributed by atoms with Gasteiger partial charge in [0.1, 0.15) is 0 Å². The minimum absolute atomic E-state index is 0.0280. The molecule has 0 amide bonds. The lowest BCUT2D eigenvalue weighted by Crippen LogP contribution is -2.53. The van der Waals surface area contributed by atoms with Crippen LogP contribution < -0.4 is 0 Å². The van der Waals surface area contributed by atoms with Gasteiger partial charge in [0.05, 0.1) is 18.3 Å². The van der Waals surface area contributed by atoms with E-state index < -0.39 is 0 Å². The second-order valence-corrected chi connectivity index (χ2v) is 4.93. The lowest BCUT2D eigenvalue weighted by atomic mass is 10.1. The van der Waals surface area contributed by atoms with Crippen LogP contribution in [0.15, 0.2) is 24.4 Å². The third kappa shape index (κ3) is 2.88. The largest absolute Gasteiger partial charge is 0.394 e. The fraction of sp³-hybridized carbons (Fsp3) is 0.643. The number of nitrogens with zero attached hydrogens (tertiary/aromatic N) is 3. The number of pyridine rings is 1. The SMILES string of the molecule is CCN1CCN(C(CO)c2ccccn2)C(C)C1. The van der Waals surface area contributed by atoms with Gasteiger partial charge >= 0.3 is 0 Å². The Morgan fingerprint density at radius 2 is 2.28 bits per heavy atom. The van der Waals surface area contributed by atoms with Gasteiger partial charge < -0.3 is 10.0 Å². The van der Waals surface area contributed by atoms with E-state index in [-0.39, 0.29) is 12.6 Å². The number of rotatable bonds is 4. The van der Waals surface area contributed by atoms with Gasteiger partial charge in [-0.25, -0.2) is 0 Å². The molecule has 1 aliphatic rings. The summed E-state index contributed by atoms with van der Waals surface area (Å²) >= 11 is 0. The molecule has 1 fully saturated rings. The van der Waals surface area contributed by atoms with E-state index in [0.717, 1.165) is 31.9 Å². The van der Waals surface area contributed by atoms with E-state index in [1.165, 1.54) is 0 Å². The minimum atomic E-state index is 0.0280. The maximum atomic E-state index is 9.68. The van der Waals surface area contributed by atoms with Crippen LogP contribution in [0.5, 0.6) is 0 Å². The Hall–Kier alpha value is -0.970. The van der Waals surface area contributed by atoms with Crippen LogP contribution in [0.4, 0.5) is 0 Å². The average Bonchev–Trinajstić information content (AvgIpc) is 2.42. The molecule has 2 heterocycles. The molecule has 100 valence electrons.